The number of aryl methyl sites for hydroxylation is 1. The van der Waals surface area contributed by atoms with Crippen LogP contribution in [0.1, 0.15) is 29.8 Å². The number of carbonyl (C=O) groups excluding carboxylic acids is 2. The molecule has 0 unspecified atom stereocenters. The lowest BCUT2D eigenvalue weighted by Crippen LogP contribution is -2.18. The average Bonchev–Trinajstić information content (AvgIpc) is 2.50. The number of anilines is 2. The van der Waals surface area contributed by atoms with E-state index in [0.29, 0.717) is 5.56 Å². The summed E-state index contributed by atoms with van der Waals surface area (Å²) >= 11 is 0. The normalized spacial score (nSPS) is 10.4. The maximum Gasteiger partial charge on any atom is 0.255 e. The first-order valence-corrected chi connectivity index (χ1v) is 7.25. The second-order valence-electron chi connectivity index (χ2n) is 5.49. The molecule has 0 spiro atoms. The third kappa shape index (κ3) is 3.95. The van der Waals surface area contributed by atoms with E-state index in [9.17, 15) is 9.59 Å². The van der Waals surface area contributed by atoms with Gasteiger partial charge in [0.25, 0.3) is 5.91 Å². The first-order valence-electron chi connectivity index (χ1n) is 7.25. The van der Waals surface area contributed by atoms with E-state index in [1.807, 2.05) is 45.0 Å². The van der Waals surface area contributed by atoms with Gasteiger partial charge in [-0.3, -0.25) is 9.59 Å². The fraction of sp³-hybridized carbons (Fsp3) is 0.222. The van der Waals surface area contributed by atoms with Crippen LogP contribution in [0.2, 0.25) is 0 Å². The smallest absolute Gasteiger partial charge is 0.255 e. The minimum absolute atomic E-state index is 0.0273. The van der Waals surface area contributed by atoms with Gasteiger partial charge in [0.15, 0.2) is 0 Å². The highest BCUT2D eigenvalue weighted by atomic mass is 16.2. The van der Waals surface area contributed by atoms with Crippen LogP contribution in [0.5, 0.6) is 0 Å². The van der Waals surface area contributed by atoms with Crippen molar-refractivity contribution in [2.24, 2.45) is 5.92 Å². The summed E-state index contributed by atoms with van der Waals surface area (Å²) in [5, 5.41) is 5.72. The van der Waals surface area contributed by atoms with E-state index in [-0.39, 0.29) is 17.7 Å². The van der Waals surface area contributed by atoms with Crippen LogP contribution >= 0.6 is 0 Å². The van der Waals surface area contributed by atoms with Crippen molar-refractivity contribution >= 4 is 23.2 Å². The minimum atomic E-state index is -0.150. The van der Waals surface area contributed by atoms with Gasteiger partial charge < -0.3 is 10.6 Å². The number of hydrogen-bond donors (Lipinski definition) is 2. The third-order valence-electron chi connectivity index (χ3n) is 3.30. The first-order chi connectivity index (χ1) is 10.5. The molecule has 114 valence electrons. The number of carbonyl (C=O) groups is 2. The molecule has 2 aromatic rings. The van der Waals surface area contributed by atoms with Crippen molar-refractivity contribution in [1.29, 1.82) is 0 Å². The largest absolute Gasteiger partial charge is 0.326 e. The predicted octanol–water partition coefficient (Wildman–Crippen LogP) is 3.84. The monoisotopic (exact) mass is 296 g/mol. The lowest BCUT2D eigenvalue weighted by molar-refractivity contribution is -0.118. The summed E-state index contributed by atoms with van der Waals surface area (Å²) in [5.74, 6) is -0.249. The molecule has 0 bridgehead atoms. The molecule has 0 aliphatic carbocycles. The Kier molecular flexibility index (Phi) is 4.94. The molecule has 2 N–H and O–H groups in total. The molecular formula is C18H20N2O2. The molecule has 0 atom stereocenters. The van der Waals surface area contributed by atoms with Crippen molar-refractivity contribution in [3.8, 4) is 0 Å². The van der Waals surface area contributed by atoms with Crippen LogP contribution in [0.25, 0.3) is 0 Å². The third-order valence-corrected chi connectivity index (χ3v) is 3.30. The second-order valence-corrected chi connectivity index (χ2v) is 5.49. The molecule has 0 saturated carbocycles. The molecule has 0 radical (unpaired) electrons. The maximum atomic E-state index is 12.1. The molecule has 0 saturated heterocycles. The van der Waals surface area contributed by atoms with Crippen LogP contribution < -0.4 is 10.6 Å². The lowest BCUT2D eigenvalue weighted by Gasteiger charge is -2.12. The Morgan fingerprint density at radius 1 is 0.955 bits per heavy atom. The number of amides is 2. The van der Waals surface area contributed by atoms with E-state index < -0.39 is 0 Å². The first kappa shape index (κ1) is 15.8. The van der Waals surface area contributed by atoms with Gasteiger partial charge in [0, 0.05) is 22.9 Å². The molecule has 2 aromatic carbocycles. The van der Waals surface area contributed by atoms with Gasteiger partial charge >= 0.3 is 0 Å². The van der Waals surface area contributed by atoms with Gasteiger partial charge in [-0.2, -0.15) is 0 Å². The van der Waals surface area contributed by atoms with E-state index in [0.717, 1.165) is 16.9 Å². The van der Waals surface area contributed by atoms with E-state index in [2.05, 4.69) is 10.6 Å². The highest BCUT2D eigenvalue weighted by molar-refractivity contribution is 6.04. The zero-order chi connectivity index (χ0) is 16.1. The summed E-state index contributed by atoms with van der Waals surface area (Å²) in [4.78, 5) is 23.8. The molecule has 0 fully saturated rings. The van der Waals surface area contributed by atoms with Crippen LogP contribution in [0.4, 0.5) is 11.4 Å². The minimum Gasteiger partial charge on any atom is -0.326 e. The van der Waals surface area contributed by atoms with Gasteiger partial charge in [0.2, 0.25) is 5.91 Å². The topological polar surface area (TPSA) is 58.2 Å². The molecule has 4 heteroatoms. The predicted molar refractivity (Wildman–Crippen MR) is 89.0 cm³/mol. The Balaban J connectivity index is 2.10. The highest BCUT2D eigenvalue weighted by Gasteiger charge is 2.10. The van der Waals surface area contributed by atoms with Crippen molar-refractivity contribution < 1.29 is 9.59 Å². The van der Waals surface area contributed by atoms with Crippen LogP contribution in [-0.4, -0.2) is 11.8 Å². The average molecular weight is 296 g/mol. The standard InChI is InChI=1S/C18H20N2O2/c1-12(2)17(21)19-15-9-10-16(13(3)11-15)20-18(22)14-7-5-4-6-8-14/h4-12H,1-3H3,(H,19,21)(H,20,22). The molecule has 2 rings (SSSR count). The zero-order valence-corrected chi connectivity index (χ0v) is 13.0. The molecule has 0 heterocycles. The highest BCUT2D eigenvalue weighted by Crippen LogP contribution is 2.21. The van der Waals surface area contributed by atoms with Crippen LogP contribution in [0.3, 0.4) is 0 Å². The second kappa shape index (κ2) is 6.89. The van der Waals surface area contributed by atoms with E-state index in [4.69, 9.17) is 0 Å². The van der Waals surface area contributed by atoms with Gasteiger partial charge in [0.1, 0.15) is 0 Å². The van der Waals surface area contributed by atoms with E-state index in [1.165, 1.54) is 0 Å². The molecule has 0 aliphatic rings. The molecule has 0 aromatic heterocycles. The van der Waals surface area contributed by atoms with E-state index in [1.54, 1.807) is 24.3 Å². The summed E-state index contributed by atoms with van der Waals surface area (Å²) in [5.41, 5.74) is 2.97. The van der Waals surface area contributed by atoms with Crippen molar-refractivity contribution in [1.82, 2.24) is 0 Å². The Hall–Kier alpha value is -2.62. The quantitative estimate of drug-likeness (QED) is 0.900. The van der Waals surface area contributed by atoms with Crippen molar-refractivity contribution in [3.05, 3.63) is 59.7 Å². The van der Waals surface area contributed by atoms with Crippen LogP contribution in [-0.2, 0) is 4.79 Å². The summed E-state index contributed by atoms with van der Waals surface area (Å²) in [7, 11) is 0. The molecule has 4 nitrogen and oxygen atoms in total. The number of hydrogen-bond acceptors (Lipinski definition) is 2. The van der Waals surface area contributed by atoms with Crippen LogP contribution in [0.15, 0.2) is 48.5 Å². The number of nitrogens with one attached hydrogen (secondary N) is 2. The Morgan fingerprint density at radius 3 is 2.23 bits per heavy atom. The summed E-state index contributed by atoms with van der Waals surface area (Å²) in [6.45, 7) is 5.58. The summed E-state index contributed by atoms with van der Waals surface area (Å²) in [6, 6.07) is 14.5. The van der Waals surface area contributed by atoms with Crippen molar-refractivity contribution in [2.45, 2.75) is 20.8 Å². The molecule has 0 aliphatic heterocycles. The maximum absolute atomic E-state index is 12.1. The molecular weight excluding hydrogens is 276 g/mol. The Labute approximate surface area is 130 Å². The lowest BCUT2D eigenvalue weighted by atomic mass is 10.1. The zero-order valence-electron chi connectivity index (χ0n) is 13.0. The van der Waals surface area contributed by atoms with Crippen LogP contribution in [0, 0.1) is 12.8 Å². The molecule has 2 amide bonds. The van der Waals surface area contributed by atoms with Gasteiger partial charge in [-0.15, -0.1) is 0 Å². The Morgan fingerprint density at radius 2 is 1.64 bits per heavy atom. The Bertz CT molecular complexity index is 679. The van der Waals surface area contributed by atoms with Crippen molar-refractivity contribution in [2.75, 3.05) is 10.6 Å². The number of rotatable bonds is 4. The number of benzene rings is 2. The van der Waals surface area contributed by atoms with Gasteiger partial charge in [-0.25, -0.2) is 0 Å². The summed E-state index contributed by atoms with van der Waals surface area (Å²) < 4.78 is 0. The van der Waals surface area contributed by atoms with Gasteiger partial charge in [-0.1, -0.05) is 32.0 Å². The SMILES string of the molecule is Cc1cc(NC(=O)C(C)C)ccc1NC(=O)c1ccccc1. The van der Waals surface area contributed by atoms with Gasteiger partial charge in [0.05, 0.1) is 0 Å². The molecule has 22 heavy (non-hydrogen) atoms. The van der Waals surface area contributed by atoms with Crippen molar-refractivity contribution in [3.63, 3.8) is 0 Å². The van der Waals surface area contributed by atoms with E-state index >= 15 is 0 Å². The summed E-state index contributed by atoms with van der Waals surface area (Å²) in [6.07, 6.45) is 0. The van der Waals surface area contributed by atoms with Gasteiger partial charge in [-0.05, 0) is 42.8 Å². The fourth-order valence-corrected chi connectivity index (χ4v) is 1.95. The fourth-order valence-electron chi connectivity index (χ4n) is 1.95.